The van der Waals surface area contributed by atoms with E-state index < -0.39 is 71.2 Å². The molecule has 1 fully saturated rings. The van der Waals surface area contributed by atoms with Crippen LogP contribution in [0.4, 0.5) is 0 Å². The smallest absolute Gasteiger partial charge is 0.306 e. The van der Waals surface area contributed by atoms with Crippen LogP contribution in [0.2, 0.25) is 0 Å². The molecule has 2 unspecified atom stereocenters. The lowest BCUT2D eigenvalue weighted by atomic mass is 10.00. The number of carbonyl (C=O) groups is 2. The molecular weight excluding hydrogens is 801 g/mol. The number of esters is 2. The molecule has 0 aromatic rings. The van der Waals surface area contributed by atoms with E-state index in [1.54, 1.807) is 0 Å². The van der Waals surface area contributed by atoms with E-state index in [4.69, 9.17) is 18.9 Å². The molecule has 13 heteroatoms. The van der Waals surface area contributed by atoms with Crippen LogP contribution in [-0.4, -0.2) is 96.0 Å². The van der Waals surface area contributed by atoms with Crippen molar-refractivity contribution in [2.45, 2.75) is 263 Å². The largest absolute Gasteiger partial charge is 0.462 e. The second kappa shape index (κ2) is 38.8. The summed E-state index contributed by atoms with van der Waals surface area (Å²) >= 11 is 0. The van der Waals surface area contributed by atoms with Gasteiger partial charge in [-0.15, -0.1) is 0 Å². The third-order valence-electron chi connectivity index (χ3n) is 11.6. The Morgan fingerprint density at radius 2 is 0.934 bits per heavy atom. The Labute approximate surface area is 371 Å². The van der Waals surface area contributed by atoms with Crippen molar-refractivity contribution in [3.05, 3.63) is 12.2 Å². The van der Waals surface area contributed by atoms with Crippen LogP contribution in [-0.2, 0) is 38.7 Å². The minimum Gasteiger partial charge on any atom is -0.462 e. The van der Waals surface area contributed by atoms with Gasteiger partial charge in [0.2, 0.25) is 0 Å². The van der Waals surface area contributed by atoms with E-state index >= 15 is 0 Å². The van der Waals surface area contributed by atoms with Crippen molar-refractivity contribution in [2.24, 2.45) is 0 Å². The summed E-state index contributed by atoms with van der Waals surface area (Å²) in [6.45, 7) is 3.78. The molecule has 0 bridgehead atoms. The molecule has 0 saturated carbocycles. The number of aliphatic hydroxyl groups is 3. The summed E-state index contributed by atoms with van der Waals surface area (Å²) in [5.74, 6) is -1.98. The quantitative estimate of drug-likeness (QED) is 0.0197. The molecule has 0 aliphatic carbocycles. The molecule has 1 heterocycles. The second-order valence-electron chi connectivity index (χ2n) is 17.5. The lowest BCUT2D eigenvalue weighted by molar-refractivity contribution is -0.297. The highest BCUT2D eigenvalue weighted by molar-refractivity contribution is 7.85. The molecule has 0 radical (unpaired) electrons. The topological polar surface area (TPSA) is 186 Å². The Hall–Kier alpha value is -1.61. The molecule has 1 rings (SSSR count). The van der Waals surface area contributed by atoms with Gasteiger partial charge in [-0.05, 0) is 38.5 Å². The Kier molecular flexibility index (Phi) is 36.5. The fourth-order valence-electron chi connectivity index (χ4n) is 7.73. The molecule has 4 N–H and O–H groups in total. The number of hydrogen-bond donors (Lipinski definition) is 4. The van der Waals surface area contributed by atoms with E-state index in [0.29, 0.717) is 12.8 Å². The normalized spacial score (nSPS) is 20.0. The van der Waals surface area contributed by atoms with Gasteiger partial charge in [0, 0.05) is 12.8 Å². The van der Waals surface area contributed by atoms with Gasteiger partial charge >= 0.3 is 11.9 Å². The Balaban J connectivity index is 2.39. The van der Waals surface area contributed by atoms with Crippen LogP contribution in [0.5, 0.6) is 0 Å². The summed E-state index contributed by atoms with van der Waals surface area (Å²) in [5, 5.41) is 30.9. The number of unbranched alkanes of at least 4 members (excludes halogenated alkanes) is 28. The Morgan fingerprint density at radius 1 is 0.541 bits per heavy atom. The molecule has 360 valence electrons. The summed E-state index contributed by atoms with van der Waals surface area (Å²) in [7, 11) is -4.60. The number of ether oxygens (including phenoxy) is 4. The van der Waals surface area contributed by atoms with E-state index in [9.17, 15) is 37.9 Å². The fraction of sp³-hybridized carbons (Fsp3) is 0.917. The van der Waals surface area contributed by atoms with E-state index in [1.165, 1.54) is 128 Å². The molecule has 6 atom stereocenters. The van der Waals surface area contributed by atoms with Crippen LogP contribution in [0, 0.1) is 0 Å². The van der Waals surface area contributed by atoms with E-state index in [2.05, 4.69) is 26.0 Å². The van der Waals surface area contributed by atoms with Gasteiger partial charge in [0.1, 0.15) is 36.8 Å². The molecular formula is C48H90O12S. The molecule has 1 aliphatic rings. The molecule has 0 aromatic heterocycles. The highest BCUT2D eigenvalue weighted by atomic mass is 32.2. The van der Waals surface area contributed by atoms with Gasteiger partial charge < -0.3 is 34.3 Å². The lowest BCUT2D eigenvalue weighted by Gasteiger charge is -2.40. The van der Waals surface area contributed by atoms with Crippen LogP contribution in [0.1, 0.15) is 226 Å². The van der Waals surface area contributed by atoms with Crippen LogP contribution in [0.25, 0.3) is 0 Å². The molecule has 0 aromatic carbocycles. The van der Waals surface area contributed by atoms with Crippen molar-refractivity contribution in [1.82, 2.24) is 0 Å². The van der Waals surface area contributed by atoms with Crippen molar-refractivity contribution < 1.29 is 56.8 Å². The predicted octanol–water partition coefficient (Wildman–Crippen LogP) is 10.6. The lowest BCUT2D eigenvalue weighted by Crippen LogP contribution is -2.60. The van der Waals surface area contributed by atoms with E-state index in [0.717, 1.165) is 57.8 Å². The first-order chi connectivity index (χ1) is 29.5. The van der Waals surface area contributed by atoms with Crippen LogP contribution in [0.3, 0.4) is 0 Å². The molecule has 12 nitrogen and oxygen atoms in total. The minimum absolute atomic E-state index is 0.169. The zero-order chi connectivity index (χ0) is 44.8. The number of hydrogen-bond acceptors (Lipinski definition) is 11. The molecule has 0 spiro atoms. The van der Waals surface area contributed by atoms with Gasteiger partial charge in [-0.2, -0.15) is 8.42 Å². The zero-order valence-corrected chi connectivity index (χ0v) is 39.4. The van der Waals surface area contributed by atoms with Crippen molar-refractivity contribution in [2.75, 3.05) is 19.0 Å². The molecule has 61 heavy (non-hydrogen) atoms. The first kappa shape index (κ1) is 57.4. The van der Waals surface area contributed by atoms with Crippen molar-refractivity contribution >= 4 is 22.1 Å². The average molecular weight is 891 g/mol. The first-order valence-electron chi connectivity index (χ1n) is 24.7. The summed E-state index contributed by atoms with van der Waals surface area (Å²) in [5.41, 5.74) is 0. The van der Waals surface area contributed by atoms with Gasteiger partial charge in [-0.3, -0.25) is 14.1 Å². The third-order valence-corrected chi connectivity index (χ3v) is 12.3. The monoisotopic (exact) mass is 891 g/mol. The predicted molar refractivity (Wildman–Crippen MR) is 243 cm³/mol. The summed E-state index contributed by atoms with van der Waals surface area (Å²) in [4.78, 5) is 25.5. The zero-order valence-electron chi connectivity index (χ0n) is 38.5. The van der Waals surface area contributed by atoms with Gasteiger partial charge in [0.25, 0.3) is 10.1 Å². The number of aliphatic hydroxyl groups excluding tert-OH is 3. The van der Waals surface area contributed by atoms with E-state index in [1.807, 2.05) is 0 Å². The maximum Gasteiger partial charge on any atom is 0.306 e. The maximum absolute atomic E-state index is 12.8. The minimum atomic E-state index is -4.60. The summed E-state index contributed by atoms with van der Waals surface area (Å²) < 4.78 is 54.2. The van der Waals surface area contributed by atoms with Crippen molar-refractivity contribution in [3.8, 4) is 0 Å². The highest BCUT2D eigenvalue weighted by Gasteiger charge is 2.46. The molecule has 1 saturated heterocycles. The first-order valence-corrected chi connectivity index (χ1v) is 26.4. The standard InChI is InChI=1S/C48H90O12S/c1-3-5-7-9-11-13-15-17-19-20-21-23-25-27-29-31-33-35-37-44(50)59-41(39-58-48-47(53)46(52)45(51)42(60-48)40-61(54,55)56)38-57-43(49)36-34-32-30-28-26-24-22-18-16-14-12-10-8-6-4-2/h18,22,41-42,45-48,51-53H,3-17,19-21,23-40H2,1-2H3,(H,54,55,56)/b22-18+/t41-,42-,45-,46?,47?,48+/m1/s1. The maximum atomic E-state index is 12.8. The second-order valence-corrected chi connectivity index (χ2v) is 19.0. The van der Waals surface area contributed by atoms with Crippen LogP contribution in [0.15, 0.2) is 12.2 Å². The van der Waals surface area contributed by atoms with Gasteiger partial charge in [0.15, 0.2) is 12.4 Å². The Morgan fingerprint density at radius 3 is 1.36 bits per heavy atom. The van der Waals surface area contributed by atoms with Gasteiger partial charge in [-0.25, -0.2) is 0 Å². The summed E-state index contributed by atoms with van der Waals surface area (Å²) in [6, 6.07) is 0. The fourth-order valence-corrected chi connectivity index (χ4v) is 8.42. The van der Waals surface area contributed by atoms with Gasteiger partial charge in [-0.1, -0.05) is 187 Å². The average Bonchev–Trinajstić information content (AvgIpc) is 3.22. The number of rotatable bonds is 42. The van der Waals surface area contributed by atoms with Crippen LogP contribution < -0.4 is 0 Å². The molecule has 1 aliphatic heterocycles. The third kappa shape index (κ3) is 33.6. The van der Waals surface area contributed by atoms with E-state index in [-0.39, 0.29) is 19.4 Å². The van der Waals surface area contributed by atoms with Crippen molar-refractivity contribution in [1.29, 1.82) is 0 Å². The van der Waals surface area contributed by atoms with Crippen molar-refractivity contribution in [3.63, 3.8) is 0 Å². The Bertz CT molecular complexity index is 1180. The highest BCUT2D eigenvalue weighted by Crippen LogP contribution is 2.24. The number of allylic oxidation sites excluding steroid dienone is 2. The van der Waals surface area contributed by atoms with Crippen LogP contribution >= 0.6 is 0 Å². The number of carbonyl (C=O) groups excluding carboxylic acids is 2. The summed E-state index contributed by atoms with van der Waals surface area (Å²) in [6.07, 6.45) is 32.5. The van der Waals surface area contributed by atoms with Gasteiger partial charge in [0.05, 0.1) is 6.61 Å². The molecule has 0 amide bonds. The SMILES string of the molecule is CCCCCCCC/C=C/CCCCCCCC(=O)OC[C@H](CO[C@H]1O[C@H](CS(=O)(=O)O)[C@@H](O)C(O)C1O)OC(=O)CCCCCCCCCCCCCCCCCCCC.